The van der Waals surface area contributed by atoms with Gasteiger partial charge in [-0.25, -0.2) is 0 Å². The SMILES string of the molecule is CCNC(=O)[C@@H](CC)N(Cc1ccc(Cl)cc1)C(=O)COc1ccc2ccccc2c1Br. The molecule has 0 fully saturated rings. The van der Waals surface area contributed by atoms with Crippen molar-refractivity contribution in [1.82, 2.24) is 10.2 Å². The Bertz CT molecular complexity index is 1090. The Morgan fingerprint density at radius 3 is 2.47 bits per heavy atom. The minimum Gasteiger partial charge on any atom is -0.483 e. The predicted octanol–water partition coefficient (Wildman–Crippen LogP) is 5.58. The molecular formula is C25H26BrClN2O3. The van der Waals surface area contributed by atoms with Crippen LogP contribution in [0.3, 0.4) is 0 Å². The zero-order valence-electron chi connectivity index (χ0n) is 18.1. The third-order valence-corrected chi connectivity index (χ3v) is 6.25. The fraction of sp³-hybridized carbons (Fsp3) is 0.280. The number of amides is 2. The number of hydrogen-bond acceptors (Lipinski definition) is 3. The first kappa shape index (κ1) is 24.1. The van der Waals surface area contributed by atoms with E-state index in [9.17, 15) is 9.59 Å². The van der Waals surface area contributed by atoms with Gasteiger partial charge in [0.1, 0.15) is 11.8 Å². The molecular weight excluding hydrogens is 492 g/mol. The maximum Gasteiger partial charge on any atom is 0.261 e. The van der Waals surface area contributed by atoms with Crippen molar-refractivity contribution >= 4 is 50.1 Å². The molecule has 0 aromatic heterocycles. The third-order valence-electron chi connectivity index (χ3n) is 5.18. The number of likely N-dealkylation sites (N-methyl/N-ethyl adjacent to an activating group) is 1. The minimum atomic E-state index is -0.596. The maximum atomic E-state index is 13.3. The molecule has 0 radical (unpaired) electrons. The number of fused-ring (bicyclic) bond motifs is 1. The number of halogens is 2. The van der Waals surface area contributed by atoms with E-state index in [-0.39, 0.29) is 25.0 Å². The fourth-order valence-corrected chi connectivity index (χ4v) is 4.28. The molecule has 5 nitrogen and oxygen atoms in total. The molecule has 0 saturated carbocycles. The number of nitrogens with one attached hydrogen (secondary N) is 1. The highest BCUT2D eigenvalue weighted by Gasteiger charge is 2.28. The first-order valence-corrected chi connectivity index (χ1v) is 11.7. The maximum absolute atomic E-state index is 13.3. The lowest BCUT2D eigenvalue weighted by Crippen LogP contribution is -2.50. The van der Waals surface area contributed by atoms with Crippen LogP contribution in [0.4, 0.5) is 0 Å². The first-order valence-electron chi connectivity index (χ1n) is 10.6. The number of benzene rings is 3. The molecule has 0 bridgehead atoms. The predicted molar refractivity (Wildman–Crippen MR) is 132 cm³/mol. The molecule has 3 rings (SSSR count). The lowest BCUT2D eigenvalue weighted by atomic mass is 10.1. The topological polar surface area (TPSA) is 58.6 Å². The molecule has 7 heteroatoms. The Morgan fingerprint density at radius 1 is 1.06 bits per heavy atom. The third kappa shape index (κ3) is 5.81. The molecule has 0 aliphatic rings. The molecule has 3 aromatic rings. The molecule has 1 atom stereocenters. The van der Waals surface area contributed by atoms with Crippen molar-refractivity contribution in [3.05, 3.63) is 75.7 Å². The molecule has 0 aliphatic carbocycles. The number of rotatable bonds is 9. The van der Waals surface area contributed by atoms with Crippen LogP contribution in [0.15, 0.2) is 65.1 Å². The number of carbonyl (C=O) groups excluding carboxylic acids is 2. The summed E-state index contributed by atoms with van der Waals surface area (Å²) in [5.74, 6) is 0.136. The number of hydrogen-bond donors (Lipinski definition) is 1. The number of ether oxygens (including phenoxy) is 1. The number of carbonyl (C=O) groups is 2. The van der Waals surface area contributed by atoms with Crippen molar-refractivity contribution in [1.29, 1.82) is 0 Å². The summed E-state index contributed by atoms with van der Waals surface area (Å²) in [7, 11) is 0. The van der Waals surface area contributed by atoms with Crippen molar-refractivity contribution in [2.24, 2.45) is 0 Å². The molecule has 0 spiro atoms. The molecule has 168 valence electrons. The Hall–Kier alpha value is -2.57. The van der Waals surface area contributed by atoms with Crippen molar-refractivity contribution < 1.29 is 14.3 Å². The van der Waals surface area contributed by atoms with Gasteiger partial charge in [-0.2, -0.15) is 0 Å². The summed E-state index contributed by atoms with van der Waals surface area (Å²) >= 11 is 9.59. The average molecular weight is 518 g/mol. The monoisotopic (exact) mass is 516 g/mol. The molecule has 2 amide bonds. The van der Waals surface area contributed by atoms with Gasteiger partial charge in [-0.1, -0.05) is 61.0 Å². The van der Waals surface area contributed by atoms with E-state index < -0.39 is 6.04 Å². The summed E-state index contributed by atoms with van der Waals surface area (Å²) in [5, 5.41) is 5.52. The zero-order chi connectivity index (χ0) is 23.1. The summed E-state index contributed by atoms with van der Waals surface area (Å²) in [4.78, 5) is 27.5. The Morgan fingerprint density at radius 2 is 1.78 bits per heavy atom. The second-order valence-electron chi connectivity index (χ2n) is 7.35. The molecule has 32 heavy (non-hydrogen) atoms. The van der Waals surface area contributed by atoms with Gasteiger partial charge in [0.2, 0.25) is 5.91 Å². The summed E-state index contributed by atoms with van der Waals surface area (Å²) in [6, 6.07) is 18.4. The highest BCUT2D eigenvalue weighted by Crippen LogP contribution is 2.33. The number of nitrogens with zero attached hydrogens (tertiary/aromatic N) is 1. The second-order valence-corrected chi connectivity index (χ2v) is 8.58. The van der Waals surface area contributed by atoms with Gasteiger partial charge in [-0.15, -0.1) is 0 Å². The van der Waals surface area contributed by atoms with E-state index in [4.69, 9.17) is 16.3 Å². The van der Waals surface area contributed by atoms with Crippen LogP contribution in [0, 0.1) is 0 Å². The van der Waals surface area contributed by atoms with Gasteiger partial charge in [-0.05, 0) is 63.8 Å². The standard InChI is InChI=1S/C25H26BrClN2O3/c1-3-21(25(31)28-4-2)29(15-17-9-12-19(27)13-10-17)23(30)16-32-22-14-11-18-7-5-6-8-20(18)24(22)26/h5-14,21H,3-4,15-16H2,1-2H3,(H,28,31)/t21-/m1/s1. The van der Waals surface area contributed by atoms with E-state index in [1.165, 1.54) is 0 Å². The first-order chi connectivity index (χ1) is 15.4. The van der Waals surface area contributed by atoms with Gasteiger partial charge < -0.3 is 15.0 Å². The van der Waals surface area contributed by atoms with Gasteiger partial charge in [0.15, 0.2) is 6.61 Å². The van der Waals surface area contributed by atoms with E-state index in [2.05, 4.69) is 21.2 Å². The molecule has 1 N–H and O–H groups in total. The Labute approximate surface area is 201 Å². The van der Waals surface area contributed by atoms with Crippen molar-refractivity contribution in [2.75, 3.05) is 13.2 Å². The quantitative estimate of drug-likeness (QED) is 0.403. The van der Waals surface area contributed by atoms with Crippen molar-refractivity contribution in [3.8, 4) is 5.75 Å². The van der Waals surface area contributed by atoms with Crippen LogP contribution in [0.25, 0.3) is 10.8 Å². The van der Waals surface area contributed by atoms with Crippen LogP contribution in [-0.4, -0.2) is 35.9 Å². The Kier molecular flexibility index (Phi) is 8.53. The Balaban J connectivity index is 1.81. The molecule has 0 saturated heterocycles. The van der Waals surface area contributed by atoms with Crippen LogP contribution in [0.2, 0.25) is 5.02 Å². The molecule has 3 aromatic carbocycles. The van der Waals surface area contributed by atoms with Gasteiger partial charge in [0, 0.05) is 18.1 Å². The second kappa shape index (κ2) is 11.3. The van der Waals surface area contributed by atoms with E-state index in [1.807, 2.05) is 62.4 Å². The minimum absolute atomic E-state index is 0.177. The lowest BCUT2D eigenvalue weighted by molar-refractivity contribution is -0.142. The fourth-order valence-electron chi connectivity index (χ4n) is 3.55. The van der Waals surface area contributed by atoms with Crippen molar-refractivity contribution in [3.63, 3.8) is 0 Å². The largest absolute Gasteiger partial charge is 0.483 e. The highest BCUT2D eigenvalue weighted by atomic mass is 79.9. The molecule has 0 heterocycles. The van der Waals surface area contributed by atoms with Gasteiger partial charge >= 0.3 is 0 Å². The molecule has 0 unspecified atom stereocenters. The summed E-state index contributed by atoms with van der Waals surface area (Å²) < 4.78 is 6.68. The zero-order valence-corrected chi connectivity index (χ0v) is 20.4. The van der Waals surface area contributed by atoms with Crippen LogP contribution in [-0.2, 0) is 16.1 Å². The smallest absolute Gasteiger partial charge is 0.261 e. The lowest BCUT2D eigenvalue weighted by Gasteiger charge is -2.30. The van der Waals surface area contributed by atoms with Gasteiger partial charge in [0.25, 0.3) is 5.91 Å². The van der Waals surface area contributed by atoms with E-state index in [0.717, 1.165) is 20.8 Å². The van der Waals surface area contributed by atoms with Crippen LogP contribution in [0.5, 0.6) is 5.75 Å². The average Bonchev–Trinajstić information content (AvgIpc) is 2.80. The normalized spacial score (nSPS) is 11.8. The summed E-state index contributed by atoms with van der Waals surface area (Å²) in [5.41, 5.74) is 0.886. The van der Waals surface area contributed by atoms with Crippen LogP contribution in [0.1, 0.15) is 25.8 Å². The van der Waals surface area contributed by atoms with E-state index >= 15 is 0 Å². The van der Waals surface area contributed by atoms with Crippen molar-refractivity contribution in [2.45, 2.75) is 32.9 Å². The van der Waals surface area contributed by atoms with Crippen LogP contribution < -0.4 is 10.1 Å². The van der Waals surface area contributed by atoms with E-state index in [1.54, 1.807) is 17.0 Å². The summed E-state index contributed by atoms with van der Waals surface area (Å²) in [6.45, 7) is 4.35. The highest BCUT2D eigenvalue weighted by molar-refractivity contribution is 9.10. The molecule has 0 aliphatic heterocycles. The van der Waals surface area contributed by atoms with Crippen LogP contribution >= 0.6 is 27.5 Å². The van der Waals surface area contributed by atoms with E-state index in [0.29, 0.717) is 23.7 Å². The summed E-state index contributed by atoms with van der Waals surface area (Å²) in [6.07, 6.45) is 0.491. The van der Waals surface area contributed by atoms with Gasteiger partial charge in [0.05, 0.1) is 4.47 Å². The van der Waals surface area contributed by atoms with Gasteiger partial charge in [-0.3, -0.25) is 9.59 Å².